The predicted molar refractivity (Wildman–Crippen MR) is 102 cm³/mol. The van der Waals surface area contributed by atoms with Gasteiger partial charge in [0.1, 0.15) is 5.75 Å². The second kappa shape index (κ2) is 7.90. The van der Waals surface area contributed by atoms with E-state index < -0.39 is 6.10 Å². The van der Waals surface area contributed by atoms with Crippen LogP contribution in [0.15, 0.2) is 48.5 Å². The topological polar surface area (TPSA) is 87.7 Å². The maximum absolute atomic E-state index is 12.2. The minimum Gasteiger partial charge on any atom is -0.479 e. The Balaban J connectivity index is 1.64. The molecule has 0 saturated carbocycles. The Hall–Kier alpha value is -3.35. The van der Waals surface area contributed by atoms with E-state index >= 15 is 0 Å². The van der Waals surface area contributed by atoms with Gasteiger partial charge in [-0.2, -0.15) is 0 Å². The SMILES string of the molecule is CCN1C(=O)C(C)Oc2ccc(NC(=O)CNC(=O)c3ccccc3)cc21. The minimum atomic E-state index is -0.536. The molecule has 1 aliphatic rings. The number of carbonyl (C=O) groups excluding carboxylic acids is 3. The standard InChI is InChI=1S/C20H21N3O4/c1-3-23-16-11-15(9-10-17(16)27-13(2)20(23)26)22-18(24)12-21-19(25)14-7-5-4-6-8-14/h4-11,13H,3,12H2,1-2H3,(H,21,25)(H,22,24). The van der Waals surface area contributed by atoms with E-state index in [2.05, 4.69) is 10.6 Å². The van der Waals surface area contributed by atoms with Gasteiger partial charge in [0.05, 0.1) is 12.2 Å². The number of anilines is 2. The highest BCUT2D eigenvalue weighted by Gasteiger charge is 2.30. The molecule has 3 rings (SSSR count). The van der Waals surface area contributed by atoms with E-state index in [-0.39, 0.29) is 24.3 Å². The molecular weight excluding hydrogens is 346 g/mol. The molecule has 2 N–H and O–H groups in total. The highest BCUT2D eigenvalue weighted by atomic mass is 16.5. The summed E-state index contributed by atoms with van der Waals surface area (Å²) in [5, 5.41) is 5.30. The average molecular weight is 367 g/mol. The van der Waals surface area contributed by atoms with Gasteiger partial charge in [0.2, 0.25) is 5.91 Å². The van der Waals surface area contributed by atoms with Crippen LogP contribution in [0.4, 0.5) is 11.4 Å². The zero-order chi connectivity index (χ0) is 19.4. The van der Waals surface area contributed by atoms with E-state index in [1.165, 1.54) is 0 Å². The third-order valence-corrected chi connectivity index (χ3v) is 4.21. The van der Waals surface area contributed by atoms with Crippen molar-refractivity contribution in [3.63, 3.8) is 0 Å². The molecule has 27 heavy (non-hydrogen) atoms. The van der Waals surface area contributed by atoms with Crippen molar-refractivity contribution < 1.29 is 19.1 Å². The first-order valence-electron chi connectivity index (χ1n) is 8.74. The second-order valence-electron chi connectivity index (χ2n) is 6.12. The summed E-state index contributed by atoms with van der Waals surface area (Å²) in [6.45, 7) is 3.93. The molecule has 0 fully saturated rings. The van der Waals surface area contributed by atoms with Crippen LogP contribution in [0.1, 0.15) is 24.2 Å². The summed E-state index contributed by atoms with van der Waals surface area (Å²) in [6.07, 6.45) is -0.536. The molecular formula is C20H21N3O4. The number of rotatable bonds is 5. The molecule has 0 radical (unpaired) electrons. The number of amides is 3. The molecule has 0 saturated heterocycles. The van der Waals surface area contributed by atoms with E-state index in [9.17, 15) is 14.4 Å². The van der Waals surface area contributed by atoms with Crippen LogP contribution < -0.4 is 20.3 Å². The van der Waals surface area contributed by atoms with Crippen molar-refractivity contribution in [1.82, 2.24) is 5.32 Å². The molecule has 1 unspecified atom stereocenters. The van der Waals surface area contributed by atoms with Gasteiger partial charge in [-0.3, -0.25) is 14.4 Å². The van der Waals surface area contributed by atoms with Crippen molar-refractivity contribution in [2.24, 2.45) is 0 Å². The second-order valence-corrected chi connectivity index (χ2v) is 6.12. The van der Waals surface area contributed by atoms with Crippen molar-refractivity contribution >= 4 is 29.1 Å². The fourth-order valence-corrected chi connectivity index (χ4v) is 2.87. The summed E-state index contributed by atoms with van der Waals surface area (Å²) in [5.41, 5.74) is 1.63. The fourth-order valence-electron chi connectivity index (χ4n) is 2.87. The minimum absolute atomic E-state index is 0.122. The lowest BCUT2D eigenvalue weighted by Gasteiger charge is -2.32. The molecule has 0 bridgehead atoms. The normalized spacial score (nSPS) is 15.6. The van der Waals surface area contributed by atoms with Gasteiger partial charge in [0.25, 0.3) is 11.8 Å². The maximum atomic E-state index is 12.2. The molecule has 0 spiro atoms. The fraction of sp³-hybridized carbons (Fsp3) is 0.250. The highest BCUT2D eigenvalue weighted by Crippen LogP contribution is 2.36. The van der Waals surface area contributed by atoms with E-state index in [0.717, 1.165) is 0 Å². The van der Waals surface area contributed by atoms with Crippen LogP contribution in [-0.4, -0.2) is 36.9 Å². The van der Waals surface area contributed by atoms with Crippen molar-refractivity contribution in [3.8, 4) is 5.75 Å². The first kappa shape index (κ1) is 18.4. The quantitative estimate of drug-likeness (QED) is 0.848. The summed E-state index contributed by atoms with van der Waals surface area (Å²) in [4.78, 5) is 38.0. The van der Waals surface area contributed by atoms with E-state index in [1.54, 1.807) is 54.3 Å². The number of nitrogens with zero attached hydrogens (tertiary/aromatic N) is 1. The van der Waals surface area contributed by atoms with Gasteiger partial charge in [0, 0.05) is 17.8 Å². The Morgan fingerprint density at radius 2 is 1.89 bits per heavy atom. The first-order chi connectivity index (χ1) is 13.0. The van der Waals surface area contributed by atoms with Crippen LogP contribution >= 0.6 is 0 Å². The number of nitrogens with one attached hydrogen (secondary N) is 2. The summed E-state index contributed by atoms with van der Waals surface area (Å²) in [7, 11) is 0. The number of hydrogen-bond donors (Lipinski definition) is 2. The van der Waals surface area contributed by atoms with Gasteiger partial charge >= 0.3 is 0 Å². The molecule has 1 heterocycles. The Kier molecular flexibility index (Phi) is 5.40. The number of likely N-dealkylation sites (N-methyl/N-ethyl adjacent to an activating group) is 1. The number of fused-ring (bicyclic) bond motifs is 1. The molecule has 140 valence electrons. The number of benzene rings is 2. The zero-order valence-electron chi connectivity index (χ0n) is 15.2. The van der Waals surface area contributed by atoms with Crippen LogP contribution in [0.25, 0.3) is 0 Å². The number of hydrogen-bond acceptors (Lipinski definition) is 4. The van der Waals surface area contributed by atoms with Crippen molar-refractivity contribution in [1.29, 1.82) is 0 Å². The van der Waals surface area contributed by atoms with E-state index in [4.69, 9.17) is 4.74 Å². The number of ether oxygens (including phenoxy) is 1. The van der Waals surface area contributed by atoms with Crippen molar-refractivity contribution in [3.05, 3.63) is 54.1 Å². The van der Waals surface area contributed by atoms with Gasteiger partial charge in [-0.25, -0.2) is 0 Å². The van der Waals surface area contributed by atoms with Crippen LogP contribution in [-0.2, 0) is 9.59 Å². The summed E-state index contributed by atoms with van der Waals surface area (Å²) in [5.74, 6) is -0.206. The zero-order valence-corrected chi connectivity index (χ0v) is 15.2. The summed E-state index contributed by atoms with van der Waals surface area (Å²) in [6, 6.07) is 13.8. The maximum Gasteiger partial charge on any atom is 0.267 e. The molecule has 1 aliphatic heterocycles. The van der Waals surface area contributed by atoms with Gasteiger partial charge in [0.15, 0.2) is 6.10 Å². The molecule has 1 atom stereocenters. The molecule has 7 nitrogen and oxygen atoms in total. The molecule has 0 aliphatic carbocycles. The summed E-state index contributed by atoms with van der Waals surface area (Å²) >= 11 is 0. The van der Waals surface area contributed by atoms with E-state index in [0.29, 0.717) is 29.2 Å². The van der Waals surface area contributed by atoms with Crippen molar-refractivity contribution in [2.75, 3.05) is 23.3 Å². The Labute approximate surface area is 157 Å². The predicted octanol–water partition coefficient (Wildman–Crippen LogP) is 2.19. The lowest BCUT2D eigenvalue weighted by molar-refractivity contribution is -0.125. The highest BCUT2D eigenvalue weighted by molar-refractivity contribution is 6.02. The van der Waals surface area contributed by atoms with Crippen LogP contribution in [0.5, 0.6) is 5.75 Å². The van der Waals surface area contributed by atoms with Crippen LogP contribution in [0, 0.1) is 0 Å². The third kappa shape index (κ3) is 4.08. The lowest BCUT2D eigenvalue weighted by atomic mass is 10.1. The number of carbonyl (C=O) groups is 3. The monoisotopic (exact) mass is 367 g/mol. The van der Waals surface area contributed by atoms with Gasteiger partial charge < -0.3 is 20.3 Å². The molecule has 2 aromatic carbocycles. The van der Waals surface area contributed by atoms with Gasteiger partial charge in [-0.15, -0.1) is 0 Å². The third-order valence-electron chi connectivity index (χ3n) is 4.21. The van der Waals surface area contributed by atoms with E-state index in [1.807, 2.05) is 13.0 Å². The molecule has 2 aromatic rings. The van der Waals surface area contributed by atoms with Crippen molar-refractivity contribution in [2.45, 2.75) is 20.0 Å². The lowest BCUT2D eigenvalue weighted by Crippen LogP contribution is -2.44. The Bertz CT molecular complexity index is 867. The summed E-state index contributed by atoms with van der Waals surface area (Å²) < 4.78 is 5.60. The smallest absolute Gasteiger partial charge is 0.267 e. The van der Waals surface area contributed by atoms with Crippen LogP contribution in [0.3, 0.4) is 0 Å². The molecule has 7 heteroatoms. The molecule has 3 amide bonds. The Morgan fingerprint density at radius 3 is 2.59 bits per heavy atom. The Morgan fingerprint density at radius 1 is 1.15 bits per heavy atom. The van der Waals surface area contributed by atoms with Crippen LogP contribution in [0.2, 0.25) is 0 Å². The van der Waals surface area contributed by atoms with Gasteiger partial charge in [-0.05, 0) is 44.2 Å². The van der Waals surface area contributed by atoms with Gasteiger partial charge in [-0.1, -0.05) is 18.2 Å². The average Bonchev–Trinajstić information content (AvgIpc) is 2.68. The molecule has 0 aromatic heterocycles. The first-order valence-corrected chi connectivity index (χ1v) is 8.74. The largest absolute Gasteiger partial charge is 0.479 e.